The highest BCUT2D eigenvalue weighted by atomic mass is 35.7. The topological polar surface area (TPSA) is 54.5 Å². The Bertz CT molecular complexity index is 607. The highest BCUT2D eigenvalue weighted by Crippen LogP contribution is 2.22. The smallest absolute Gasteiger partial charge is 0.261 e. The van der Waals surface area contributed by atoms with Crippen molar-refractivity contribution in [2.75, 3.05) is 13.1 Å². The Balaban J connectivity index is 2.30. The molecule has 1 fully saturated rings. The first-order valence-corrected chi connectivity index (χ1v) is 9.00. The summed E-state index contributed by atoms with van der Waals surface area (Å²) < 4.78 is 22.7. The fraction of sp³-hybridized carbons (Fsp3) is 0.500. The molecular formula is C14H18ClNO3S. The predicted octanol–water partition coefficient (Wildman–Crippen LogP) is 2.80. The van der Waals surface area contributed by atoms with E-state index in [9.17, 15) is 13.2 Å². The lowest BCUT2D eigenvalue weighted by Crippen LogP contribution is -2.29. The third-order valence-electron chi connectivity index (χ3n) is 3.58. The number of ketones is 1. The number of carbonyl (C=O) groups excluding carboxylic acids is 1. The van der Waals surface area contributed by atoms with Crippen LogP contribution in [0, 0.1) is 0 Å². The summed E-state index contributed by atoms with van der Waals surface area (Å²) in [7, 11) is 1.53. The lowest BCUT2D eigenvalue weighted by molar-refractivity contribution is 0.101. The summed E-state index contributed by atoms with van der Waals surface area (Å²) in [5.41, 5.74) is 1.31. The molecule has 0 N–H and O–H groups in total. The van der Waals surface area contributed by atoms with E-state index in [4.69, 9.17) is 10.7 Å². The molecule has 0 saturated carbocycles. The van der Waals surface area contributed by atoms with E-state index in [1.54, 1.807) is 6.07 Å². The quantitative estimate of drug-likeness (QED) is 0.633. The van der Waals surface area contributed by atoms with Gasteiger partial charge in [0, 0.05) is 22.8 Å². The molecule has 1 aliphatic heterocycles. The van der Waals surface area contributed by atoms with Gasteiger partial charge < -0.3 is 0 Å². The molecule has 1 aromatic carbocycles. The van der Waals surface area contributed by atoms with E-state index in [2.05, 4.69) is 4.90 Å². The van der Waals surface area contributed by atoms with Crippen molar-refractivity contribution >= 4 is 25.5 Å². The number of halogens is 1. The molecule has 20 heavy (non-hydrogen) atoms. The molecule has 0 amide bonds. The summed E-state index contributed by atoms with van der Waals surface area (Å²) in [6.07, 6.45) is 3.59. The van der Waals surface area contributed by atoms with Gasteiger partial charge in [0.15, 0.2) is 5.78 Å². The molecular weight excluding hydrogens is 298 g/mol. The lowest BCUT2D eigenvalue weighted by atomic mass is 10.0. The molecule has 0 aliphatic carbocycles. The molecule has 4 nitrogen and oxygen atoms in total. The van der Waals surface area contributed by atoms with Gasteiger partial charge in [-0.25, -0.2) is 8.42 Å². The first-order chi connectivity index (χ1) is 9.38. The second-order valence-electron chi connectivity index (χ2n) is 5.15. The Hall–Kier alpha value is -0.910. The van der Waals surface area contributed by atoms with Crippen LogP contribution in [0.4, 0.5) is 0 Å². The zero-order valence-corrected chi connectivity index (χ0v) is 13.0. The molecule has 0 atom stereocenters. The highest BCUT2D eigenvalue weighted by Gasteiger charge is 2.18. The monoisotopic (exact) mass is 315 g/mol. The Labute approximate surface area is 124 Å². The van der Waals surface area contributed by atoms with E-state index in [1.807, 2.05) is 0 Å². The molecule has 0 unspecified atom stereocenters. The van der Waals surface area contributed by atoms with Crippen molar-refractivity contribution < 1.29 is 13.2 Å². The number of hydrogen-bond donors (Lipinski definition) is 0. The van der Waals surface area contributed by atoms with Crippen molar-refractivity contribution in [2.24, 2.45) is 0 Å². The maximum Gasteiger partial charge on any atom is 0.261 e. The largest absolute Gasteiger partial charge is 0.299 e. The van der Waals surface area contributed by atoms with Crippen LogP contribution in [0.5, 0.6) is 0 Å². The number of hydrogen-bond acceptors (Lipinski definition) is 4. The molecule has 0 aromatic heterocycles. The van der Waals surface area contributed by atoms with Gasteiger partial charge in [0.25, 0.3) is 9.05 Å². The fourth-order valence-electron chi connectivity index (χ4n) is 2.53. The van der Waals surface area contributed by atoms with E-state index in [0.29, 0.717) is 12.1 Å². The van der Waals surface area contributed by atoms with Crippen molar-refractivity contribution in [3.05, 3.63) is 29.3 Å². The summed E-state index contributed by atoms with van der Waals surface area (Å²) in [6.45, 7) is 4.16. The maximum atomic E-state index is 11.7. The average molecular weight is 316 g/mol. The van der Waals surface area contributed by atoms with Crippen LogP contribution in [-0.4, -0.2) is 32.2 Å². The SMILES string of the molecule is CC(=O)c1cc(S(=O)(=O)Cl)ccc1CN1CCCCC1. The number of benzene rings is 1. The first-order valence-electron chi connectivity index (χ1n) is 6.69. The maximum absolute atomic E-state index is 11.7. The minimum absolute atomic E-state index is 0.0215. The normalized spacial score (nSPS) is 17.1. The van der Waals surface area contributed by atoms with Crippen LogP contribution in [-0.2, 0) is 15.6 Å². The van der Waals surface area contributed by atoms with E-state index in [-0.39, 0.29) is 10.7 Å². The number of carbonyl (C=O) groups is 1. The van der Waals surface area contributed by atoms with Gasteiger partial charge in [0.1, 0.15) is 0 Å². The van der Waals surface area contributed by atoms with Crippen molar-refractivity contribution in [2.45, 2.75) is 37.6 Å². The van der Waals surface area contributed by atoms with Crippen molar-refractivity contribution in [3.63, 3.8) is 0 Å². The molecule has 1 saturated heterocycles. The number of Topliss-reactive ketones (excluding diaryl/α,β-unsaturated/α-hetero) is 1. The van der Waals surface area contributed by atoms with Crippen molar-refractivity contribution in [3.8, 4) is 0 Å². The van der Waals surface area contributed by atoms with Gasteiger partial charge in [0.2, 0.25) is 0 Å². The minimum Gasteiger partial charge on any atom is -0.299 e. The molecule has 1 aromatic rings. The summed E-state index contributed by atoms with van der Waals surface area (Å²) in [6, 6.07) is 4.54. The summed E-state index contributed by atoms with van der Waals surface area (Å²) >= 11 is 0. The van der Waals surface area contributed by atoms with Gasteiger partial charge in [-0.15, -0.1) is 0 Å². The molecule has 0 spiro atoms. The van der Waals surface area contributed by atoms with E-state index < -0.39 is 9.05 Å². The second-order valence-corrected chi connectivity index (χ2v) is 7.72. The van der Waals surface area contributed by atoms with Crippen LogP contribution in [0.15, 0.2) is 23.1 Å². The standard InChI is InChI=1S/C14H18ClNO3S/c1-11(17)14-9-13(20(15,18)19)6-5-12(14)10-16-7-3-2-4-8-16/h5-6,9H,2-4,7-8,10H2,1H3. The van der Waals surface area contributed by atoms with Gasteiger partial charge in [-0.05, 0) is 50.6 Å². The first kappa shape index (κ1) is 15.5. The van der Waals surface area contributed by atoms with Crippen LogP contribution in [0.25, 0.3) is 0 Å². The number of rotatable bonds is 4. The van der Waals surface area contributed by atoms with Gasteiger partial charge in [0.05, 0.1) is 4.90 Å². The predicted molar refractivity (Wildman–Crippen MR) is 78.6 cm³/mol. The molecule has 0 bridgehead atoms. The third-order valence-corrected chi connectivity index (χ3v) is 4.94. The molecule has 1 heterocycles. The van der Waals surface area contributed by atoms with Crippen molar-refractivity contribution in [1.29, 1.82) is 0 Å². The van der Waals surface area contributed by atoms with E-state index >= 15 is 0 Å². The summed E-state index contributed by atoms with van der Waals surface area (Å²) in [4.78, 5) is 14.0. The van der Waals surface area contributed by atoms with Crippen molar-refractivity contribution in [1.82, 2.24) is 4.90 Å². The molecule has 0 radical (unpaired) electrons. The summed E-state index contributed by atoms with van der Waals surface area (Å²) in [5, 5.41) is 0. The van der Waals surface area contributed by atoms with Crippen LogP contribution < -0.4 is 0 Å². The summed E-state index contributed by atoms with van der Waals surface area (Å²) in [5.74, 6) is -0.140. The average Bonchev–Trinajstić information content (AvgIpc) is 2.38. The molecule has 1 aliphatic rings. The van der Waals surface area contributed by atoms with Crippen LogP contribution in [0.2, 0.25) is 0 Å². The Morgan fingerprint density at radius 2 is 1.90 bits per heavy atom. The zero-order valence-electron chi connectivity index (χ0n) is 11.4. The minimum atomic E-state index is -3.80. The van der Waals surface area contributed by atoms with E-state index in [0.717, 1.165) is 18.7 Å². The number of likely N-dealkylation sites (tertiary alicyclic amines) is 1. The van der Waals surface area contributed by atoms with Gasteiger partial charge in [-0.2, -0.15) is 0 Å². The fourth-order valence-corrected chi connectivity index (χ4v) is 3.31. The Morgan fingerprint density at radius 1 is 1.25 bits per heavy atom. The van der Waals surface area contributed by atoms with Gasteiger partial charge >= 0.3 is 0 Å². The Kier molecular flexibility index (Phi) is 4.83. The van der Waals surface area contributed by atoms with E-state index in [1.165, 1.54) is 38.3 Å². The number of piperidine rings is 1. The second kappa shape index (κ2) is 6.24. The highest BCUT2D eigenvalue weighted by molar-refractivity contribution is 8.13. The third kappa shape index (κ3) is 3.81. The van der Waals surface area contributed by atoms with Crippen LogP contribution >= 0.6 is 10.7 Å². The zero-order chi connectivity index (χ0) is 14.8. The molecule has 2 rings (SSSR count). The van der Waals surface area contributed by atoms with Gasteiger partial charge in [-0.1, -0.05) is 12.5 Å². The van der Waals surface area contributed by atoms with Crippen LogP contribution in [0.3, 0.4) is 0 Å². The Morgan fingerprint density at radius 3 is 2.45 bits per heavy atom. The molecule has 6 heteroatoms. The molecule has 110 valence electrons. The lowest BCUT2D eigenvalue weighted by Gasteiger charge is -2.27. The number of nitrogens with zero attached hydrogens (tertiary/aromatic N) is 1. The van der Waals surface area contributed by atoms with Gasteiger partial charge in [-0.3, -0.25) is 9.69 Å². The van der Waals surface area contributed by atoms with Crippen LogP contribution in [0.1, 0.15) is 42.1 Å².